The third kappa shape index (κ3) is 1.82. The van der Waals surface area contributed by atoms with Crippen molar-refractivity contribution in [2.75, 3.05) is 5.73 Å². The van der Waals surface area contributed by atoms with Crippen LogP contribution in [0.25, 0.3) is 11.3 Å². The number of rotatable bonds is 1. The van der Waals surface area contributed by atoms with Crippen LogP contribution >= 0.6 is 0 Å². The summed E-state index contributed by atoms with van der Waals surface area (Å²) in [4.78, 5) is 6.39. The van der Waals surface area contributed by atoms with E-state index in [9.17, 15) is 0 Å². The second-order valence-corrected chi connectivity index (χ2v) is 4.80. The van der Waals surface area contributed by atoms with Crippen LogP contribution < -0.4 is 5.73 Å². The summed E-state index contributed by atoms with van der Waals surface area (Å²) in [6.45, 7) is 2.08. The Balaban J connectivity index is 2.41. The van der Waals surface area contributed by atoms with E-state index in [-0.39, 0.29) is 14.5 Å². The van der Waals surface area contributed by atoms with E-state index in [1.165, 1.54) is 5.56 Å². The van der Waals surface area contributed by atoms with Crippen LogP contribution in [0.2, 0.25) is 0 Å². The summed E-state index contributed by atoms with van der Waals surface area (Å²) in [6.07, 6.45) is 0. The fourth-order valence-electron chi connectivity index (χ4n) is 1.14. The average molecular weight is 237 g/mol. The van der Waals surface area contributed by atoms with Crippen molar-refractivity contribution in [2.24, 2.45) is 0 Å². The molecule has 66 valence electrons. The molecule has 1 aromatic heterocycles. The second-order valence-electron chi connectivity index (χ2n) is 2.94. The van der Waals surface area contributed by atoms with Crippen LogP contribution in [0, 0.1) is 6.92 Å². The molecule has 0 spiro atoms. The zero-order valence-corrected chi connectivity index (χ0v) is 9.03. The number of hydrogen-bond acceptors (Lipinski definition) is 2. The minimum atomic E-state index is 0.264. The first-order chi connectivity index (χ1) is 6.25. The van der Waals surface area contributed by atoms with Crippen LogP contribution in [0.3, 0.4) is 0 Å². The molecule has 0 aliphatic rings. The van der Waals surface area contributed by atoms with Gasteiger partial charge in [0.1, 0.15) is 0 Å². The summed E-state index contributed by atoms with van der Waals surface area (Å²) in [6, 6.07) is 8.35. The SMILES string of the molecule is Cc1ccc(-c2c[se]c(N)n2)cc1. The molecule has 0 radical (unpaired) electrons. The van der Waals surface area contributed by atoms with Crippen molar-refractivity contribution in [3.8, 4) is 11.3 Å². The van der Waals surface area contributed by atoms with Crippen molar-refractivity contribution in [3.05, 3.63) is 34.8 Å². The van der Waals surface area contributed by atoms with E-state index < -0.39 is 0 Å². The predicted octanol–water partition coefficient (Wildman–Crippen LogP) is 1.70. The zero-order valence-electron chi connectivity index (χ0n) is 7.32. The molecule has 0 amide bonds. The maximum atomic E-state index is 5.62. The van der Waals surface area contributed by atoms with E-state index in [0.29, 0.717) is 0 Å². The number of hydrogen-bond donors (Lipinski definition) is 1. The van der Waals surface area contributed by atoms with Crippen LogP contribution in [0.1, 0.15) is 5.56 Å². The summed E-state index contributed by atoms with van der Waals surface area (Å²) in [5.41, 5.74) is 9.07. The van der Waals surface area contributed by atoms with Crippen LogP contribution in [-0.2, 0) is 0 Å². The number of anilines is 1. The Hall–Kier alpha value is -1.05. The van der Waals surface area contributed by atoms with E-state index in [4.69, 9.17) is 5.73 Å². The van der Waals surface area contributed by atoms with E-state index in [1.54, 1.807) is 0 Å². The molecule has 1 heterocycles. The standard InChI is InChI=1S/C10H10N2Se/c1-7-2-4-8(5-3-7)9-6-13-10(11)12-9/h2-6H,1H3,(H2,11,12). The summed E-state index contributed by atoms with van der Waals surface area (Å²) >= 11 is 0.264. The summed E-state index contributed by atoms with van der Waals surface area (Å²) < 4.78 is 0.767. The molecule has 0 saturated carbocycles. The van der Waals surface area contributed by atoms with Gasteiger partial charge in [-0.05, 0) is 0 Å². The van der Waals surface area contributed by atoms with Gasteiger partial charge in [0.05, 0.1) is 0 Å². The van der Waals surface area contributed by atoms with E-state index in [0.717, 1.165) is 15.9 Å². The first-order valence-electron chi connectivity index (χ1n) is 4.04. The summed E-state index contributed by atoms with van der Waals surface area (Å²) in [5, 5.41) is 0. The van der Waals surface area contributed by atoms with Crippen molar-refractivity contribution in [2.45, 2.75) is 6.92 Å². The molecule has 3 heteroatoms. The molecule has 1 aromatic carbocycles. The van der Waals surface area contributed by atoms with Gasteiger partial charge in [-0.2, -0.15) is 0 Å². The molecule has 0 fully saturated rings. The summed E-state index contributed by atoms with van der Waals surface area (Å²) in [5.74, 6) is 0. The van der Waals surface area contributed by atoms with Gasteiger partial charge in [0.15, 0.2) is 0 Å². The van der Waals surface area contributed by atoms with Crippen LogP contribution in [0.5, 0.6) is 0 Å². The quantitative estimate of drug-likeness (QED) is 0.766. The molecule has 0 aliphatic carbocycles. The zero-order chi connectivity index (χ0) is 9.26. The topological polar surface area (TPSA) is 38.9 Å². The van der Waals surface area contributed by atoms with Crippen molar-refractivity contribution >= 4 is 19.2 Å². The van der Waals surface area contributed by atoms with Crippen LogP contribution in [0.4, 0.5) is 4.69 Å². The van der Waals surface area contributed by atoms with Crippen molar-refractivity contribution < 1.29 is 0 Å². The molecular weight excluding hydrogens is 227 g/mol. The Morgan fingerprint density at radius 2 is 1.92 bits per heavy atom. The molecule has 2 aromatic rings. The van der Waals surface area contributed by atoms with E-state index >= 15 is 0 Å². The molecule has 13 heavy (non-hydrogen) atoms. The Bertz CT molecular complexity index is 403. The van der Waals surface area contributed by atoms with Gasteiger partial charge in [-0.3, -0.25) is 0 Å². The molecule has 2 N–H and O–H groups in total. The van der Waals surface area contributed by atoms with Gasteiger partial charge in [-0.1, -0.05) is 0 Å². The second kappa shape index (κ2) is 3.36. The van der Waals surface area contributed by atoms with Gasteiger partial charge in [-0.15, -0.1) is 0 Å². The molecule has 0 atom stereocenters. The molecule has 0 saturated heterocycles. The van der Waals surface area contributed by atoms with Crippen LogP contribution in [0.15, 0.2) is 29.2 Å². The number of aromatic nitrogens is 1. The van der Waals surface area contributed by atoms with Gasteiger partial charge in [0.2, 0.25) is 0 Å². The number of nitrogens with two attached hydrogens (primary N) is 1. The molecule has 0 bridgehead atoms. The minimum absolute atomic E-state index is 0.264. The number of aryl methyl sites for hydroxylation is 1. The number of nitrogens with zero attached hydrogens (tertiary/aromatic N) is 1. The van der Waals surface area contributed by atoms with Gasteiger partial charge in [0, 0.05) is 0 Å². The van der Waals surface area contributed by atoms with Gasteiger partial charge >= 0.3 is 82.9 Å². The van der Waals surface area contributed by atoms with Gasteiger partial charge in [0.25, 0.3) is 0 Å². The molecular formula is C10H10N2Se. The van der Waals surface area contributed by atoms with E-state index in [2.05, 4.69) is 41.1 Å². The predicted molar refractivity (Wildman–Crippen MR) is 55.8 cm³/mol. The summed E-state index contributed by atoms with van der Waals surface area (Å²) in [7, 11) is 0. The maximum absolute atomic E-state index is 5.62. The molecule has 0 aliphatic heterocycles. The number of benzene rings is 1. The number of nitrogen functional groups attached to an aromatic ring is 1. The van der Waals surface area contributed by atoms with Crippen molar-refractivity contribution in [3.63, 3.8) is 0 Å². The van der Waals surface area contributed by atoms with Crippen molar-refractivity contribution in [1.82, 2.24) is 4.98 Å². The Morgan fingerprint density at radius 3 is 2.46 bits per heavy atom. The fourth-order valence-corrected chi connectivity index (χ4v) is 2.35. The molecule has 0 unspecified atom stereocenters. The third-order valence-electron chi connectivity index (χ3n) is 1.87. The normalized spacial score (nSPS) is 10.2. The molecule has 2 nitrogen and oxygen atoms in total. The Kier molecular flexibility index (Phi) is 2.21. The first-order valence-corrected chi connectivity index (χ1v) is 5.88. The molecule has 2 rings (SSSR count). The Morgan fingerprint density at radius 1 is 1.23 bits per heavy atom. The van der Waals surface area contributed by atoms with Crippen LogP contribution in [-0.4, -0.2) is 19.5 Å². The van der Waals surface area contributed by atoms with Gasteiger partial charge < -0.3 is 0 Å². The van der Waals surface area contributed by atoms with E-state index in [1.807, 2.05) is 0 Å². The Labute approximate surface area is 83.2 Å². The monoisotopic (exact) mass is 238 g/mol. The average Bonchev–Trinajstić information content (AvgIpc) is 2.53. The van der Waals surface area contributed by atoms with Gasteiger partial charge in [-0.25, -0.2) is 0 Å². The first kappa shape index (κ1) is 8.54. The van der Waals surface area contributed by atoms with Crippen molar-refractivity contribution in [1.29, 1.82) is 0 Å². The fraction of sp³-hybridized carbons (Fsp3) is 0.100. The third-order valence-corrected chi connectivity index (χ3v) is 3.28.